The van der Waals surface area contributed by atoms with Crippen molar-refractivity contribution in [2.45, 2.75) is 25.1 Å². The highest BCUT2D eigenvalue weighted by atomic mass is 19.4. The van der Waals surface area contributed by atoms with Crippen LogP contribution >= 0.6 is 0 Å². The Labute approximate surface area is 130 Å². The number of carbonyl (C=O) groups is 2. The zero-order valence-electron chi connectivity index (χ0n) is 12.3. The van der Waals surface area contributed by atoms with Gasteiger partial charge in [-0.3, -0.25) is 4.79 Å². The van der Waals surface area contributed by atoms with Crippen LogP contribution in [0.4, 0.5) is 23.7 Å². The molecule has 2 rings (SSSR count). The second kappa shape index (κ2) is 6.76. The molecule has 6 nitrogen and oxygen atoms in total. The Hall–Kier alpha value is -2.45. The Morgan fingerprint density at radius 2 is 2.00 bits per heavy atom. The van der Waals surface area contributed by atoms with E-state index in [0.29, 0.717) is 0 Å². The van der Waals surface area contributed by atoms with E-state index in [4.69, 9.17) is 4.74 Å². The minimum atomic E-state index is -4.51. The first kappa shape index (κ1) is 16.9. The summed E-state index contributed by atoms with van der Waals surface area (Å²) in [4.78, 5) is 23.5. The number of halogens is 3. The molecule has 0 atom stereocenters. The molecule has 3 N–H and O–H groups in total. The lowest BCUT2D eigenvalue weighted by Gasteiger charge is -2.13. The van der Waals surface area contributed by atoms with Crippen molar-refractivity contribution in [1.82, 2.24) is 10.6 Å². The molecule has 1 aromatic carbocycles. The third-order valence-electron chi connectivity index (χ3n) is 3.07. The van der Waals surface area contributed by atoms with Gasteiger partial charge < -0.3 is 20.7 Å². The quantitative estimate of drug-likeness (QED) is 0.774. The zero-order chi connectivity index (χ0) is 17.0. The molecule has 1 aliphatic carbocycles. The van der Waals surface area contributed by atoms with Gasteiger partial charge in [-0.05, 0) is 31.0 Å². The predicted octanol–water partition coefficient (Wildman–Crippen LogP) is 2.27. The molecule has 0 aromatic heterocycles. The second-order valence-corrected chi connectivity index (χ2v) is 5.09. The van der Waals surface area contributed by atoms with Gasteiger partial charge in [0, 0.05) is 11.6 Å². The van der Waals surface area contributed by atoms with Gasteiger partial charge in [0.2, 0.25) is 0 Å². The predicted molar refractivity (Wildman–Crippen MR) is 76.6 cm³/mol. The van der Waals surface area contributed by atoms with Crippen molar-refractivity contribution in [3.05, 3.63) is 23.8 Å². The van der Waals surface area contributed by atoms with Gasteiger partial charge in [0.15, 0.2) is 0 Å². The van der Waals surface area contributed by atoms with Crippen molar-refractivity contribution in [2.24, 2.45) is 0 Å². The number of amides is 3. The highest BCUT2D eigenvalue weighted by molar-refractivity contribution is 5.98. The summed E-state index contributed by atoms with van der Waals surface area (Å²) < 4.78 is 41.3. The monoisotopic (exact) mass is 331 g/mol. The maximum atomic E-state index is 12.1. The molecule has 0 spiro atoms. The van der Waals surface area contributed by atoms with E-state index in [-0.39, 0.29) is 28.9 Å². The van der Waals surface area contributed by atoms with Crippen molar-refractivity contribution in [2.75, 3.05) is 19.0 Å². The molecule has 0 bridgehead atoms. The minimum Gasteiger partial charge on any atom is -0.495 e. The van der Waals surface area contributed by atoms with Crippen molar-refractivity contribution >= 4 is 17.6 Å². The molecule has 1 fully saturated rings. The van der Waals surface area contributed by atoms with E-state index in [1.165, 1.54) is 25.3 Å². The number of nitrogens with one attached hydrogen (secondary N) is 3. The van der Waals surface area contributed by atoms with Gasteiger partial charge in [-0.2, -0.15) is 13.2 Å². The molecule has 9 heteroatoms. The molecular weight excluding hydrogens is 315 g/mol. The van der Waals surface area contributed by atoms with E-state index >= 15 is 0 Å². The number of alkyl halides is 3. The number of benzene rings is 1. The van der Waals surface area contributed by atoms with E-state index in [0.717, 1.165) is 12.8 Å². The van der Waals surface area contributed by atoms with Crippen LogP contribution in [-0.2, 0) is 0 Å². The Morgan fingerprint density at radius 1 is 1.30 bits per heavy atom. The lowest BCUT2D eigenvalue weighted by Crippen LogP contribution is -2.36. The number of carbonyl (C=O) groups excluding carboxylic acids is 2. The number of urea groups is 1. The second-order valence-electron chi connectivity index (χ2n) is 5.09. The fourth-order valence-corrected chi connectivity index (χ4v) is 1.79. The van der Waals surface area contributed by atoms with Crippen molar-refractivity contribution < 1.29 is 27.5 Å². The van der Waals surface area contributed by atoms with E-state index < -0.39 is 18.8 Å². The summed E-state index contributed by atoms with van der Waals surface area (Å²) in [5, 5.41) is 6.70. The van der Waals surface area contributed by atoms with Gasteiger partial charge in [0.1, 0.15) is 12.3 Å². The van der Waals surface area contributed by atoms with Crippen molar-refractivity contribution in [3.63, 3.8) is 0 Å². The summed E-state index contributed by atoms with van der Waals surface area (Å²) in [6.45, 7) is -1.46. The SMILES string of the molecule is COc1ccc(C(=O)NC2CC2)cc1NC(=O)NCC(F)(F)F. The van der Waals surface area contributed by atoms with Crippen molar-refractivity contribution in [1.29, 1.82) is 0 Å². The number of rotatable bonds is 5. The zero-order valence-corrected chi connectivity index (χ0v) is 12.3. The largest absolute Gasteiger partial charge is 0.495 e. The molecule has 0 unspecified atom stereocenters. The molecule has 0 saturated heterocycles. The van der Waals surface area contributed by atoms with Crippen LogP contribution in [0.3, 0.4) is 0 Å². The topological polar surface area (TPSA) is 79.5 Å². The summed E-state index contributed by atoms with van der Waals surface area (Å²) in [7, 11) is 1.35. The third-order valence-corrected chi connectivity index (χ3v) is 3.07. The fraction of sp³-hybridized carbons (Fsp3) is 0.429. The fourth-order valence-electron chi connectivity index (χ4n) is 1.79. The molecular formula is C14H16F3N3O3. The third kappa shape index (κ3) is 5.35. The van der Waals surface area contributed by atoms with E-state index in [1.807, 2.05) is 0 Å². The van der Waals surface area contributed by atoms with Crippen LogP contribution in [0.25, 0.3) is 0 Å². The molecule has 23 heavy (non-hydrogen) atoms. The van der Waals surface area contributed by atoms with Crippen LogP contribution in [0.15, 0.2) is 18.2 Å². The van der Waals surface area contributed by atoms with E-state index in [9.17, 15) is 22.8 Å². The Bertz CT molecular complexity index is 601. The molecule has 126 valence electrons. The first-order chi connectivity index (χ1) is 10.8. The first-order valence-electron chi connectivity index (χ1n) is 6.89. The molecule has 1 aromatic rings. The maximum absolute atomic E-state index is 12.1. The van der Waals surface area contributed by atoms with Crippen LogP contribution in [0, 0.1) is 0 Å². The molecule has 3 amide bonds. The normalized spacial score (nSPS) is 14.1. The summed E-state index contributed by atoms with van der Waals surface area (Å²) >= 11 is 0. The van der Waals surface area contributed by atoms with Gasteiger partial charge in [0.05, 0.1) is 12.8 Å². The van der Waals surface area contributed by atoms with E-state index in [2.05, 4.69) is 10.6 Å². The van der Waals surface area contributed by atoms with Gasteiger partial charge in [0.25, 0.3) is 5.91 Å². The molecule has 0 heterocycles. The minimum absolute atomic E-state index is 0.107. The van der Waals surface area contributed by atoms with Crippen LogP contribution in [0.2, 0.25) is 0 Å². The van der Waals surface area contributed by atoms with Gasteiger partial charge in [-0.1, -0.05) is 0 Å². The smallest absolute Gasteiger partial charge is 0.405 e. The Morgan fingerprint density at radius 3 is 2.57 bits per heavy atom. The number of methoxy groups -OCH3 is 1. The maximum Gasteiger partial charge on any atom is 0.405 e. The summed E-state index contributed by atoms with van der Waals surface area (Å²) in [5.74, 6) is -0.0796. The lowest BCUT2D eigenvalue weighted by atomic mass is 10.1. The number of hydrogen-bond acceptors (Lipinski definition) is 3. The van der Waals surface area contributed by atoms with Gasteiger partial charge in [-0.25, -0.2) is 4.79 Å². The Balaban J connectivity index is 2.05. The summed E-state index contributed by atoms with van der Waals surface area (Å²) in [6.07, 6.45) is -2.66. The average molecular weight is 331 g/mol. The van der Waals surface area contributed by atoms with Crippen molar-refractivity contribution in [3.8, 4) is 5.75 Å². The van der Waals surface area contributed by atoms with Crippen LogP contribution in [0.5, 0.6) is 5.75 Å². The highest BCUT2D eigenvalue weighted by Gasteiger charge is 2.28. The lowest BCUT2D eigenvalue weighted by molar-refractivity contribution is -0.122. The number of hydrogen-bond donors (Lipinski definition) is 3. The van der Waals surface area contributed by atoms with Gasteiger partial charge >= 0.3 is 12.2 Å². The molecule has 1 saturated carbocycles. The Kier molecular flexibility index (Phi) is 4.97. The first-order valence-corrected chi connectivity index (χ1v) is 6.89. The van der Waals surface area contributed by atoms with Gasteiger partial charge in [-0.15, -0.1) is 0 Å². The van der Waals surface area contributed by atoms with E-state index in [1.54, 1.807) is 5.32 Å². The average Bonchev–Trinajstić information content (AvgIpc) is 3.28. The van der Waals surface area contributed by atoms with Crippen LogP contribution in [-0.4, -0.2) is 37.8 Å². The molecule has 0 aliphatic heterocycles. The van der Waals surface area contributed by atoms with Crippen LogP contribution < -0.4 is 20.7 Å². The molecule has 0 radical (unpaired) electrons. The summed E-state index contributed by atoms with van der Waals surface area (Å²) in [5.41, 5.74) is 0.388. The number of anilines is 1. The standard InChI is InChI=1S/C14H16F3N3O3/c1-23-11-5-2-8(12(21)19-9-3-4-9)6-10(11)20-13(22)18-7-14(15,16)17/h2,5-6,9H,3-4,7H2,1H3,(H,19,21)(H2,18,20,22). The highest BCUT2D eigenvalue weighted by Crippen LogP contribution is 2.26. The summed E-state index contributed by atoms with van der Waals surface area (Å²) in [6, 6.07) is 3.44. The number of ether oxygens (including phenoxy) is 1. The van der Waals surface area contributed by atoms with Crippen LogP contribution in [0.1, 0.15) is 23.2 Å². The molecule has 1 aliphatic rings.